The zero-order chi connectivity index (χ0) is 14.0. The second-order valence-corrected chi connectivity index (χ2v) is 6.36. The molecule has 8 nitrogen and oxygen atoms in total. The molecule has 100 valence electrons. The highest BCUT2D eigenvalue weighted by atomic mass is 32.2. The van der Waals surface area contributed by atoms with Crippen LogP contribution in [0.25, 0.3) is 0 Å². The van der Waals surface area contributed by atoms with Gasteiger partial charge in [0.2, 0.25) is 15.9 Å². The summed E-state index contributed by atoms with van der Waals surface area (Å²) in [6.45, 7) is 0. The van der Waals surface area contributed by atoms with Crippen molar-refractivity contribution in [3.8, 4) is 0 Å². The van der Waals surface area contributed by atoms with Crippen LogP contribution in [0.1, 0.15) is 0 Å². The van der Waals surface area contributed by atoms with E-state index in [0.29, 0.717) is 0 Å². The van der Waals surface area contributed by atoms with Gasteiger partial charge in [-0.25, -0.2) is 13.6 Å². The highest BCUT2D eigenvalue weighted by Gasteiger charge is 2.13. The van der Waals surface area contributed by atoms with Crippen LogP contribution in [0.3, 0.4) is 0 Å². The van der Waals surface area contributed by atoms with Crippen molar-refractivity contribution in [3.05, 3.63) is 24.3 Å². The van der Waals surface area contributed by atoms with E-state index in [-0.39, 0.29) is 10.6 Å². The van der Waals surface area contributed by atoms with Crippen LogP contribution in [0.2, 0.25) is 0 Å². The van der Waals surface area contributed by atoms with E-state index < -0.39 is 31.8 Å². The minimum atomic E-state index is -4.40. The third kappa shape index (κ3) is 4.79. The molecule has 1 rings (SSSR count). The van der Waals surface area contributed by atoms with E-state index in [1.54, 1.807) is 0 Å². The summed E-state index contributed by atoms with van der Waals surface area (Å²) in [5.74, 6) is -2.02. The number of carbonyl (C=O) groups is 1. The predicted molar refractivity (Wildman–Crippen MR) is 62.9 cm³/mol. The van der Waals surface area contributed by atoms with Crippen molar-refractivity contribution < 1.29 is 26.2 Å². The number of benzene rings is 1. The van der Waals surface area contributed by atoms with Gasteiger partial charge in [0.05, 0.1) is 4.90 Å². The fraction of sp³-hybridized carbons (Fsp3) is 0.125. The zero-order valence-corrected chi connectivity index (χ0v) is 10.5. The molecule has 0 aromatic heterocycles. The first-order valence-corrected chi connectivity index (χ1v) is 7.61. The molecule has 0 saturated carbocycles. The molecule has 0 radical (unpaired) electrons. The molecule has 1 amide bonds. The predicted octanol–water partition coefficient (Wildman–Crippen LogP) is -0.840. The number of amides is 1. The van der Waals surface area contributed by atoms with Gasteiger partial charge in [0.15, 0.2) is 5.75 Å². The Bertz CT molecular complexity index is 647. The number of rotatable bonds is 4. The van der Waals surface area contributed by atoms with Crippen molar-refractivity contribution in [1.82, 2.24) is 0 Å². The molecule has 10 heteroatoms. The van der Waals surface area contributed by atoms with Crippen LogP contribution >= 0.6 is 0 Å². The molecule has 1 aromatic rings. The number of hydrogen-bond donors (Lipinski definition) is 3. The summed E-state index contributed by atoms with van der Waals surface area (Å²) >= 11 is 0. The highest BCUT2D eigenvalue weighted by molar-refractivity contribution is 7.89. The van der Waals surface area contributed by atoms with Gasteiger partial charge in [-0.2, -0.15) is 8.42 Å². The lowest BCUT2D eigenvalue weighted by molar-refractivity contribution is -0.113. The molecular weight excluding hydrogens is 284 g/mol. The van der Waals surface area contributed by atoms with Gasteiger partial charge < -0.3 is 5.32 Å². The van der Waals surface area contributed by atoms with Gasteiger partial charge in [-0.1, -0.05) is 0 Å². The first kappa shape index (κ1) is 14.6. The van der Waals surface area contributed by atoms with Crippen LogP contribution in [0.4, 0.5) is 5.69 Å². The highest BCUT2D eigenvalue weighted by Crippen LogP contribution is 2.12. The summed E-state index contributed by atoms with van der Waals surface area (Å²) in [4.78, 5) is 11.0. The monoisotopic (exact) mass is 294 g/mol. The Labute approximate surface area is 104 Å². The molecular formula is C8H10N2O6S2. The molecule has 0 aliphatic carbocycles. The lowest BCUT2D eigenvalue weighted by Gasteiger charge is -2.04. The van der Waals surface area contributed by atoms with Crippen molar-refractivity contribution in [3.63, 3.8) is 0 Å². The van der Waals surface area contributed by atoms with Crippen LogP contribution < -0.4 is 10.5 Å². The van der Waals surface area contributed by atoms with Crippen molar-refractivity contribution in [2.24, 2.45) is 5.14 Å². The number of anilines is 1. The zero-order valence-electron chi connectivity index (χ0n) is 8.90. The van der Waals surface area contributed by atoms with E-state index in [2.05, 4.69) is 5.32 Å². The average molecular weight is 294 g/mol. The van der Waals surface area contributed by atoms with Crippen molar-refractivity contribution in [2.75, 3.05) is 11.1 Å². The maximum Gasteiger partial charge on any atom is 0.274 e. The number of nitrogens with one attached hydrogen (secondary N) is 1. The van der Waals surface area contributed by atoms with E-state index in [1.165, 1.54) is 12.1 Å². The number of sulfonamides is 1. The fourth-order valence-electron chi connectivity index (χ4n) is 1.09. The standard InChI is InChI=1S/C8H10N2O6S2/c9-18(15,16)7-3-1-6(2-4-7)10-8(11)5-17(12,13)14/h1-4H,5H2,(H,10,11)(H2,9,15,16)(H,12,13,14). The molecule has 18 heavy (non-hydrogen) atoms. The van der Waals surface area contributed by atoms with E-state index in [0.717, 1.165) is 12.1 Å². The molecule has 0 aliphatic rings. The Kier molecular flexibility index (Phi) is 4.06. The third-order valence-electron chi connectivity index (χ3n) is 1.78. The maximum absolute atomic E-state index is 11.1. The van der Waals surface area contributed by atoms with Gasteiger partial charge in [0.25, 0.3) is 10.1 Å². The lowest BCUT2D eigenvalue weighted by Crippen LogP contribution is -2.22. The van der Waals surface area contributed by atoms with E-state index in [1.807, 2.05) is 0 Å². The van der Waals surface area contributed by atoms with Crippen molar-refractivity contribution in [1.29, 1.82) is 0 Å². The largest absolute Gasteiger partial charge is 0.325 e. The summed E-state index contributed by atoms with van der Waals surface area (Å²) in [7, 11) is -8.23. The Morgan fingerprint density at radius 1 is 1.17 bits per heavy atom. The Morgan fingerprint density at radius 3 is 2.06 bits per heavy atom. The first-order chi connectivity index (χ1) is 8.08. The van der Waals surface area contributed by atoms with Gasteiger partial charge >= 0.3 is 0 Å². The molecule has 1 aromatic carbocycles. The van der Waals surface area contributed by atoms with Gasteiger partial charge in [0, 0.05) is 5.69 Å². The molecule has 0 atom stereocenters. The molecule has 0 saturated heterocycles. The Balaban J connectivity index is 2.79. The van der Waals surface area contributed by atoms with Crippen molar-refractivity contribution >= 4 is 31.7 Å². The fourth-order valence-corrected chi connectivity index (χ4v) is 2.01. The van der Waals surface area contributed by atoms with Crippen LogP contribution in [0.5, 0.6) is 0 Å². The summed E-state index contributed by atoms with van der Waals surface area (Å²) in [5, 5.41) is 7.03. The quantitative estimate of drug-likeness (QED) is 0.618. The summed E-state index contributed by atoms with van der Waals surface area (Å²) in [6.07, 6.45) is 0. The molecule has 0 bridgehead atoms. The van der Waals surface area contributed by atoms with Gasteiger partial charge in [-0.3, -0.25) is 9.35 Å². The number of carbonyl (C=O) groups excluding carboxylic acids is 1. The molecule has 0 unspecified atom stereocenters. The Morgan fingerprint density at radius 2 is 1.67 bits per heavy atom. The minimum Gasteiger partial charge on any atom is -0.325 e. The van der Waals surface area contributed by atoms with Gasteiger partial charge in [-0.05, 0) is 24.3 Å². The van der Waals surface area contributed by atoms with Crippen LogP contribution in [-0.4, -0.2) is 33.0 Å². The molecule has 0 aliphatic heterocycles. The van der Waals surface area contributed by atoms with Crippen LogP contribution in [0.15, 0.2) is 29.2 Å². The minimum absolute atomic E-state index is 0.143. The second kappa shape index (κ2) is 5.02. The topological polar surface area (TPSA) is 144 Å². The molecule has 0 spiro atoms. The van der Waals surface area contributed by atoms with Gasteiger partial charge in [0.1, 0.15) is 0 Å². The normalized spacial score (nSPS) is 12.1. The SMILES string of the molecule is NS(=O)(=O)c1ccc(NC(=O)CS(=O)(=O)O)cc1. The van der Waals surface area contributed by atoms with E-state index >= 15 is 0 Å². The Hall–Kier alpha value is -1.49. The molecule has 4 N–H and O–H groups in total. The van der Waals surface area contributed by atoms with E-state index in [4.69, 9.17) is 9.69 Å². The second-order valence-electron chi connectivity index (χ2n) is 3.34. The number of hydrogen-bond acceptors (Lipinski definition) is 5. The van der Waals surface area contributed by atoms with Crippen LogP contribution in [-0.2, 0) is 24.9 Å². The summed E-state index contributed by atoms with van der Waals surface area (Å²) in [6, 6.07) is 4.78. The first-order valence-electron chi connectivity index (χ1n) is 4.46. The number of nitrogens with two attached hydrogens (primary N) is 1. The van der Waals surface area contributed by atoms with Crippen LogP contribution in [0, 0.1) is 0 Å². The lowest BCUT2D eigenvalue weighted by atomic mass is 10.3. The maximum atomic E-state index is 11.1. The third-order valence-corrected chi connectivity index (χ3v) is 3.34. The number of primary sulfonamides is 1. The van der Waals surface area contributed by atoms with E-state index in [9.17, 15) is 21.6 Å². The molecule has 0 heterocycles. The summed E-state index contributed by atoms with van der Waals surface area (Å²) in [5.41, 5.74) is 0.177. The van der Waals surface area contributed by atoms with Gasteiger partial charge in [-0.15, -0.1) is 0 Å². The van der Waals surface area contributed by atoms with Crippen molar-refractivity contribution in [2.45, 2.75) is 4.90 Å². The molecule has 0 fully saturated rings. The average Bonchev–Trinajstić information content (AvgIpc) is 2.13. The summed E-state index contributed by atoms with van der Waals surface area (Å²) < 4.78 is 51.1. The smallest absolute Gasteiger partial charge is 0.274 e.